The lowest BCUT2D eigenvalue weighted by atomic mass is 10.1. The first-order valence-electron chi connectivity index (χ1n) is 10.9. The van der Waals surface area contributed by atoms with Crippen LogP contribution in [0.4, 0.5) is 28.0 Å². The van der Waals surface area contributed by atoms with Crippen LogP contribution >= 0.6 is 11.8 Å². The van der Waals surface area contributed by atoms with Gasteiger partial charge in [-0.3, -0.25) is 9.89 Å². The standard InChI is InChI=1S/C25H29F4N3O3S/c1-6-31(13-14-36-5)24(33)32(21-9-7-8-10-22(21)34-4)16-19-12-11-18(15-20(19)26)17(2)35-23(30-3)25(27,28)29/h7-12,15H,2,6,13-14,16H2,1,3-5H3. The predicted molar refractivity (Wildman–Crippen MR) is 136 cm³/mol. The number of anilines is 1. The average molecular weight is 528 g/mol. The number of benzene rings is 2. The van der Waals surface area contributed by atoms with Crippen molar-refractivity contribution in [1.82, 2.24) is 4.90 Å². The van der Waals surface area contributed by atoms with Crippen molar-refractivity contribution in [3.63, 3.8) is 0 Å². The zero-order valence-electron chi connectivity index (χ0n) is 20.6. The molecule has 0 heterocycles. The lowest BCUT2D eigenvalue weighted by Crippen LogP contribution is -2.44. The maximum Gasteiger partial charge on any atom is 0.468 e. The zero-order valence-corrected chi connectivity index (χ0v) is 21.4. The number of hydrogen-bond donors (Lipinski definition) is 0. The molecule has 0 fully saturated rings. The molecule has 0 N–H and O–H groups in total. The highest BCUT2D eigenvalue weighted by molar-refractivity contribution is 7.98. The Morgan fingerprint density at radius 1 is 1.19 bits per heavy atom. The molecule has 2 aromatic rings. The molecular weight excluding hydrogens is 498 g/mol. The molecule has 36 heavy (non-hydrogen) atoms. The number of para-hydroxylation sites is 2. The second-order valence-corrected chi connectivity index (χ2v) is 8.46. The van der Waals surface area contributed by atoms with E-state index >= 15 is 4.39 Å². The molecule has 0 saturated carbocycles. The number of rotatable bonds is 10. The Kier molecular flexibility index (Phi) is 10.6. The summed E-state index contributed by atoms with van der Waals surface area (Å²) in [7, 11) is 2.41. The van der Waals surface area contributed by atoms with E-state index in [1.807, 2.05) is 13.2 Å². The number of carbonyl (C=O) groups excluding carboxylic acids is 1. The minimum Gasteiger partial charge on any atom is -0.495 e. The topological polar surface area (TPSA) is 54.4 Å². The van der Waals surface area contributed by atoms with Crippen LogP contribution < -0.4 is 9.64 Å². The zero-order chi connectivity index (χ0) is 26.9. The monoisotopic (exact) mass is 527 g/mol. The molecule has 0 unspecified atom stereocenters. The number of aliphatic imine (C=N–C) groups is 1. The number of ether oxygens (including phenoxy) is 2. The predicted octanol–water partition coefficient (Wildman–Crippen LogP) is 6.22. The second kappa shape index (κ2) is 13.2. The van der Waals surface area contributed by atoms with Crippen molar-refractivity contribution < 1.29 is 31.8 Å². The molecule has 0 aliphatic carbocycles. The molecule has 2 aromatic carbocycles. The van der Waals surface area contributed by atoms with Gasteiger partial charge in [0.2, 0.25) is 0 Å². The van der Waals surface area contributed by atoms with Gasteiger partial charge in [0, 0.05) is 37.0 Å². The number of carbonyl (C=O) groups is 1. The van der Waals surface area contributed by atoms with Crippen molar-refractivity contribution >= 4 is 35.1 Å². The molecule has 0 aliphatic heterocycles. The number of amides is 2. The summed E-state index contributed by atoms with van der Waals surface area (Å²) in [5, 5.41) is 0. The van der Waals surface area contributed by atoms with E-state index in [2.05, 4.69) is 11.6 Å². The quantitative estimate of drug-likeness (QED) is 0.159. The summed E-state index contributed by atoms with van der Waals surface area (Å²) in [5.74, 6) is -1.48. The van der Waals surface area contributed by atoms with Crippen LogP contribution in [0, 0.1) is 5.82 Å². The molecule has 0 atom stereocenters. The Hall–Kier alpha value is -3.21. The van der Waals surface area contributed by atoms with Crippen molar-refractivity contribution in [3.8, 4) is 5.75 Å². The van der Waals surface area contributed by atoms with Crippen molar-refractivity contribution in [3.05, 3.63) is 66.0 Å². The van der Waals surface area contributed by atoms with Gasteiger partial charge >= 0.3 is 12.2 Å². The van der Waals surface area contributed by atoms with E-state index < -0.39 is 23.7 Å². The third kappa shape index (κ3) is 7.39. The number of halogens is 4. The first-order valence-corrected chi connectivity index (χ1v) is 12.3. The van der Waals surface area contributed by atoms with Crippen LogP contribution in [-0.2, 0) is 11.3 Å². The molecule has 0 bridgehead atoms. The molecular formula is C25H29F4N3O3S. The van der Waals surface area contributed by atoms with Gasteiger partial charge in [0.05, 0.1) is 19.3 Å². The minimum atomic E-state index is -4.81. The fourth-order valence-electron chi connectivity index (χ4n) is 3.30. The summed E-state index contributed by atoms with van der Waals surface area (Å²) in [6.45, 7) is 6.12. The summed E-state index contributed by atoms with van der Waals surface area (Å²) >= 11 is 1.60. The van der Waals surface area contributed by atoms with Crippen LogP contribution in [0.2, 0.25) is 0 Å². The Labute approximate surface area is 212 Å². The first kappa shape index (κ1) is 29.0. The van der Waals surface area contributed by atoms with Gasteiger partial charge in [-0.1, -0.05) is 30.8 Å². The Morgan fingerprint density at radius 2 is 1.89 bits per heavy atom. The highest BCUT2D eigenvalue weighted by atomic mass is 32.2. The molecule has 6 nitrogen and oxygen atoms in total. The molecule has 11 heteroatoms. The van der Waals surface area contributed by atoms with Gasteiger partial charge < -0.3 is 14.4 Å². The highest BCUT2D eigenvalue weighted by Gasteiger charge is 2.38. The third-order valence-electron chi connectivity index (χ3n) is 5.19. The van der Waals surface area contributed by atoms with Gasteiger partial charge in [-0.2, -0.15) is 24.9 Å². The molecule has 0 saturated heterocycles. The van der Waals surface area contributed by atoms with E-state index in [9.17, 15) is 18.0 Å². The first-order chi connectivity index (χ1) is 17.1. The Bertz CT molecular complexity index is 1090. The smallest absolute Gasteiger partial charge is 0.468 e. The van der Waals surface area contributed by atoms with Crippen LogP contribution in [0.15, 0.2) is 54.0 Å². The molecule has 2 amide bonds. The molecule has 0 spiro atoms. The molecule has 2 rings (SSSR count). The SMILES string of the molecule is C=C(OC(=NC)C(F)(F)F)c1ccc(CN(C(=O)N(CC)CCSC)c2ccccc2OC)c(F)c1. The minimum absolute atomic E-state index is 0.00646. The number of urea groups is 1. The van der Waals surface area contributed by atoms with Gasteiger partial charge in [-0.25, -0.2) is 9.18 Å². The Balaban J connectivity index is 2.39. The number of methoxy groups -OCH3 is 1. The van der Waals surface area contributed by atoms with Crippen molar-refractivity contribution in [2.24, 2.45) is 4.99 Å². The fourth-order valence-corrected chi connectivity index (χ4v) is 3.70. The van der Waals surface area contributed by atoms with Crippen LogP contribution in [0.25, 0.3) is 5.76 Å². The molecule has 0 aliphatic rings. The maximum atomic E-state index is 15.1. The summed E-state index contributed by atoms with van der Waals surface area (Å²) in [6, 6.07) is 10.3. The lowest BCUT2D eigenvalue weighted by Gasteiger charge is -2.31. The van der Waals surface area contributed by atoms with Crippen LogP contribution in [0.3, 0.4) is 0 Å². The third-order valence-corrected chi connectivity index (χ3v) is 5.78. The molecule has 0 radical (unpaired) electrons. The largest absolute Gasteiger partial charge is 0.495 e. The van der Waals surface area contributed by atoms with Gasteiger partial charge in [0.15, 0.2) is 0 Å². The Morgan fingerprint density at radius 3 is 2.44 bits per heavy atom. The summed E-state index contributed by atoms with van der Waals surface area (Å²) in [6.07, 6.45) is -2.87. The molecule has 196 valence electrons. The number of thioether (sulfide) groups is 1. The maximum absolute atomic E-state index is 15.1. The van der Waals surface area contributed by atoms with Crippen molar-refractivity contribution in [1.29, 1.82) is 0 Å². The summed E-state index contributed by atoms with van der Waals surface area (Å²) < 4.78 is 64.1. The number of hydrogen-bond acceptors (Lipinski definition) is 5. The van der Waals surface area contributed by atoms with E-state index in [0.717, 1.165) is 18.9 Å². The number of alkyl halides is 3. The summed E-state index contributed by atoms with van der Waals surface area (Å²) in [4.78, 5) is 19.6. The number of nitrogens with zero attached hydrogens (tertiary/aromatic N) is 3. The van der Waals surface area contributed by atoms with Gasteiger partial charge in [0.25, 0.3) is 5.90 Å². The van der Waals surface area contributed by atoms with Crippen LogP contribution in [0.1, 0.15) is 18.1 Å². The van der Waals surface area contributed by atoms with E-state index in [1.54, 1.807) is 40.9 Å². The van der Waals surface area contributed by atoms with Crippen molar-refractivity contribution in [2.75, 3.05) is 44.2 Å². The average Bonchev–Trinajstić information content (AvgIpc) is 2.85. The molecule has 0 aromatic heterocycles. The van der Waals surface area contributed by atoms with Gasteiger partial charge in [-0.15, -0.1) is 0 Å². The fraction of sp³-hybridized carbons (Fsp3) is 0.360. The van der Waals surface area contributed by atoms with Gasteiger partial charge in [0.1, 0.15) is 17.3 Å². The highest BCUT2D eigenvalue weighted by Crippen LogP contribution is 2.31. The van der Waals surface area contributed by atoms with E-state index in [4.69, 9.17) is 9.47 Å². The van der Waals surface area contributed by atoms with E-state index in [1.165, 1.54) is 24.1 Å². The summed E-state index contributed by atoms with van der Waals surface area (Å²) in [5.41, 5.74) is 0.608. The van der Waals surface area contributed by atoms with E-state index in [0.29, 0.717) is 24.5 Å². The van der Waals surface area contributed by atoms with Crippen molar-refractivity contribution in [2.45, 2.75) is 19.6 Å². The normalized spacial score (nSPS) is 11.7. The van der Waals surface area contributed by atoms with Gasteiger partial charge in [-0.05, 0) is 31.4 Å². The van der Waals surface area contributed by atoms with E-state index in [-0.39, 0.29) is 23.7 Å². The lowest BCUT2D eigenvalue weighted by molar-refractivity contribution is -0.0727. The van der Waals surface area contributed by atoms with Crippen LogP contribution in [-0.4, -0.2) is 62.3 Å². The second-order valence-electron chi connectivity index (χ2n) is 7.47. The van der Waals surface area contributed by atoms with Crippen LogP contribution in [0.5, 0.6) is 5.75 Å².